The molecule has 142 valence electrons. The van der Waals surface area contributed by atoms with Crippen molar-refractivity contribution in [1.29, 1.82) is 0 Å². The molecule has 0 aromatic heterocycles. The summed E-state index contributed by atoms with van der Waals surface area (Å²) in [5, 5.41) is 5.90. The summed E-state index contributed by atoms with van der Waals surface area (Å²) in [5.74, 6) is -0.124. The lowest BCUT2D eigenvalue weighted by Crippen LogP contribution is -2.33. The van der Waals surface area contributed by atoms with E-state index in [9.17, 15) is 9.59 Å². The van der Waals surface area contributed by atoms with Gasteiger partial charge in [-0.05, 0) is 50.3 Å². The van der Waals surface area contributed by atoms with Crippen LogP contribution < -0.4 is 15.5 Å². The zero-order valence-electron chi connectivity index (χ0n) is 15.6. The monoisotopic (exact) mass is 359 g/mol. The fourth-order valence-electron chi connectivity index (χ4n) is 3.59. The van der Waals surface area contributed by atoms with Crippen molar-refractivity contribution in [3.8, 4) is 0 Å². The van der Waals surface area contributed by atoms with Gasteiger partial charge >= 0.3 is 0 Å². The largest absolute Gasteiger partial charge is 0.376 e. The van der Waals surface area contributed by atoms with E-state index in [2.05, 4.69) is 15.5 Å². The average molecular weight is 359 g/mol. The van der Waals surface area contributed by atoms with E-state index in [1.165, 1.54) is 0 Å². The molecule has 2 N–H and O–H groups in total. The minimum absolute atomic E-state index is 0.0212. The maximum atomic E-state index is 12.8. The number of hydrogen-bond donors (Lipinski definition) is 2. The van der Waals surface area contributed by atoms with Crippen LogP contribution in [0.2, 0.25) is 0 Å². The average Bonchev–Trinajstić information content (AvgIpc) is 3.33. The number of rotatable bonds is 7. The second-order valence-corrected chi connectivity index (χ2v) is 7.07. The summed E-state index contributed by atoms with van der Waals surface area (Å²) in [6.45, 7) is 5.21. The van der Waals surface area contributed by atoms with Gasteiger partial charge in [0.15, 0.2) is 0 Å². The molecule has 0 radical (unpaired) electrons. The summed E-state index contributed by atoms with van der Waals surface area (Å²) in [7, 11) is 0. The Balaban J connectivity index is 1.75. The summed E-state index contributed by atoms with van der Waals surface area (Å²) in [6.07, 6.45) is 5.73. The highest BCUT2D eigenvalue weighted by Crippen LogP contribution is 2.28. The van der Waals surface area contributed by atoms with Crippen molar-refractivity contribution in [2.24, 2.45) is 0 Å². The molecule has 6 nitrogen and oxygen atoms in total. The summed E-state index contributed by atoms with van der Waals surface area (Å²) in [5.41, 5.74) is 2.24. The Hall–Kier alpha value is -2.08. The third kappa shape index (κ3) is 4.75. The van der Waals surface area contributed by atoms with Crippen LogP contribution in [0.5, 0.6) is 0 Å². The van der Waals surface area contributed by atoms with E-state index in [4.69, 9.17) is 4.74 Å². The number of amides is 2. The minimum atomic E-state index is -0.103. The smallest absolute Gasteiger partial charge is 0.253 e. The fraction of sp³-hybridized carbons (Fsp3) is 0.600. The number of ether oxygens (including phenoxy) is 1. The Bertz CT molecular complexity index is 635. The summed E-state index contributed by atoms with van der Waals surface area (Å²) >= 11 is 0. The molecule has 2 aliphatic rings. The highest BCUT2D eigenvalue weighted by molar-refractivity contribution is 6.02. The standard InChI is InChI=1S/C20H29N3O3/c1-2-6-19(24)22-15-8-9-18(23-10-3-4-11-23)17(13-15)20(25)21-14-16-7-5-12-26-16/h8-9,13,16H,2-7,10-12,14H2,1H3,(H,21,25)(H,22,24). The number of carbonyl (C=O) groups excluding carboxylic acids is 2. The second-order valence-electron chi connectivity index (χ2n) is 7.07. The second kappa shape index (κ2) is 9.03. The van der Waals surface area contributed by atoms with E-state index < -0.39 is 0 Å². The Kier molecular flexibility index (Phi) is 6.50. The van der Waals surface area contributed by atoms with Crippen LogP contribution in [0.4, 0.5) is 11.4 Å². The maximum Gasteiger partial charge on any atom is 0.253 e. The van der Waals surface area contributed by atoms with Crippen molar-refractivity contribution in [3.63, 3.8) is 0 Å². The molecule has 0 spiro atoms. The first kappa shape index (κ1) is 18.7. The van der Waals surface area contributed by atoms with Gasteiger partial charge in [-0.15, -0.1) is 0 Å². The van der Waals surface area contributed by atoms with Gasteiger partial charge in [-0.2, -0.15) is 0 Å². The molecule has 0 bridgehead atoms. The molecule has 2 fully saturated rings. The summed E-state index contributed by atoms with van der Waals surface area (Å²) < 4.78 is 5.59. The minimum Gasteiger partial charge on any atom is -0.376 e. The predicted molar refractivity (Wildman–Crippen MR) is 103 cm³/mol. The lowest BCUT2D eigenvalue weighted by Gasteiger charge is -2.22. The van der Waals surface area contributed by atoms with Gasteiger partial charge in [-0.25, -0.2) is 0 Å². The number of nitrogens with zero attached hydrogens (tertiary/aromatic N) is 1. The first-order valence-corrected chi connectivity index (χ1v) is 9.76. The highest BCUT2D eigenvalue weighted by atomic mass is 16.5. The Morgan fingerprint density at radius 1 is 1.23 bits per heavy atom. The molecule has 0 aliphatic carbocycles. The number of anilines is 2. The van der Waals surface area contributed by atoms with Crippen LogP contribution in [-0.4, -0.2) is 44.2 Å². The molecule has 6 heteroatoms. The van der Waals surface area contributed by atoms with Crippen LogP contribution in [0.1, 0.15) is 55.8 Å². The van der Waals surface area contributed by atoms with Gasteiger partial charge in [-0.3, -0.25) is 9.59 Å². The topological polar surface area (TPSA) is 70.7 Å². The molecular weight excluding hydrogens is 330 g/mol. The predicted octanol–water partition coefficient (Wildman–Crippen LogP) is 2.93. The van der Waals surface area contributed by atoms with Crippen LogP contribution in [0.3, 0.4) is 0 Å². The van der Waals surface area contributed by atoms with Crippen molar-refractivity contribution in [1.82, 2.24) is 5.32 Å². The van der Waals surface area contributed by atoms with Gasteiger partial charge in [-0.1, -0.05) is 6.92 Å². The van der Waals surface area contributed by atoms with E-state index in [1.54, 1.807) is 6.07 Å². The van der Waals surface area contributed by atoms with Crippen LogP contribution in [-0.2, 0) is 9.53 Å². The van der Waals surface area contributed by atoms with Crippen molar-refractivity contribution in [2.45, 2.75) is 51.6 Å². The Morgan fingerprint density at radius 2 is 2.04 bits per heavy atom. The van der Waals surface area contributed by atoms with Crippen LogP contribution >= 0.6 is 0 Å². The number of benzene rings is 1. The molecular formula is C20H29N3O3. The summed E-state index contributed by atoms with van der Waals surface area (Å²) in [6, 6.07) is 5.64. The van der Waals surface area contributed by atoms with Crippen LogP contribution in [0.25, 0.3) is 0 Å². The van der Waals surface area contributed by atoms with Gasteiger partial charge < -0.3 is 20.3 Å². The molecule has 2 amide bonds. The van der Waals surface area contributed by atoms with Gasteiger partial charge in [0, 0.05) is 44.0 Å². The lowest BCUT2D eigenvalue weighted by atomic mass is 10.1. The van der Waals surface area contributed by atoms with Crippen LogP contribution in [0.15, 0.2) is 18.2 Å². The van der Waals surface area contributed by atoms with Gasteiger partial charge in [0.2, 0.25) is 5.91 Å². The molecule has 0 saturated carbocycles. The Labute approximate surface area is 155 Å². The quantitative estimate of drug-likeness (QED) is 0.785. The molecule has 1 aromatic rings. The third-order valence-corrected chi connectivity index (χ3v) is 4.96. The zero-order chi connectivity index (χ0) is 18.4. The third-order valence-electron chi connectivity index (χ3n) is 4.96. The van der Waals surface area contributed by atoms with E-state index in [0.29, 0.717) is 24.2 Å². The van der Waals surface area contributed by atoms with E-state index in [-0.39, 0.29) is 17.9 Å². The molecule has 2 heterocycles. The first-order valence-electron chi connectivity index (χ1n) is 9.76. The van der Waals surface area contributed by atoms with Crippen molar-refractivity contribution < 1.29 is 14.3 Å². The lowest BCUT2D eigenvalue weighted by molar-refractivity contribution is -0.116. The first-order chi connectivity index (χ1) is 12.7. The maximum absolute atomic E-state index is 12.8. The number of hydrogen-bond acceptors (Lipinski definition) is 4. The van der Waals surface area contributed by atoms with Crippen molar-refractivity contribution in [3.05, 3.63) is 23.8 Å². The molecule has 2 aliphatic heterocycles. The highest BCUT2D eigenvalue weighted by Gasteiger charge is 2.22. The molecule has 26 heavy (non-hydrogen) atoms. The van der Waals surface area contributed by atoms with E-state index in [0.717, 1.165) is 57.5 Å². The summed E-state index contributed by atoms with van der Waals surface area (Å²) in [4.78, 5) is 27.0. The van der Waals surface area contributed by atoms with Crippen LogP contribution in [0, 0.1) is 0 Å². The van der Waals surface area contributed by atoms with Crippen molar-refractivity contribution >= 4 is 23.2 Å². The molecule has 1 atom stereocenters. The van der Waals surface area contributed by atoms with E-state index >= 15 is 0 Å². The molecule has 1 unspecified atom stereocenters. The van der Waals surface area contributed by atoms with Gasteiger partial charge in [0.05, 0.1) is 11.7 Å². The molecule has 3 rings (SSSR count). The van der Waals surface area contributed by atoms with Gasteiger partial charge in [0.1, 0.15) is 0 Å². The molecule has 2 saturated heterocycles. The fourth-order valence-corrected chi connectivity index (χ4v) is 3.59. The zero-order valence-corrected chi connectivity index (χ0v) is 15.6. The van der Waals surface area contributed by atoms with Crippen molar-refractivity contribution in [2.75, 3.05) is 36.5 Å². The normalized spacial score (nSPS) is 19.6. The SMILES string of the molecule is CCCC(=O)Nc1ccc(N2CCCC2)c(C(=O)NCC2CCCO2)c1. The Morgan fingerprint density at radius 3 is 2.73 bits per heavy atom. The number of carbonyl (C=O) groups is 2. The number of nitrogens with one attached hydrogen (secondary N) is 2. The van der Waals surface area contributed by atoms with Gasteiger partial charge in [0.25, 0.3) is 5.91 Å². The molecule has 1 aromatic carbocycles. The van der Waals surface area contributed by atoms with E-state index in [1.807, 2.05) is 19.1 Å².